The third kappa shape index (κ3) is 4.46. The quantitative estimate of drug-likeness (QED) is 0.785. The maximum atomic E-state index is 11.9. The molecule has 1 unspecified atom stereocenters. The first-order valence-electron chi connectivity index (χ1n) is 7.79. The highest BCUT2D eigenvalue weighted by molar-refractivity contribution is 5.78. The molecule has 1 aliphatic heterocycles. The lowest BCUT2D eigenvalue weighted by Gasteiger charge is -2.18. The number of nitrogens with zero attached hydrogens (tertiary/aromatic N) is 1. The molecule has 1 aromatic rings. The van der Waals surface area contributed by atoms with Crippen LogP contribution in [0.15, 0.2) is 24.3 Å². The van der Waals surface area contributed by atoms with Crippen LogP contribution < -0.4 is 10.5 Å². The second-order valence-corrected chi connectivity index (χ2v) is 6.10. The normalized spacial score (nSPS) is 18.6. The van der Waals surface area contributed by atoms with Crippen molar-refractivity contribution in [1.82, 2.24) is 4.90 Å². The Kier molecular flexibility index (Phi) is 5.62. The minimum atomic E-state index is 0.291. The van der Waals surface area contributed by atoms with Crippen LogP contribution in [-0.4, -0.2) is 30.5 Å². The lowest BCUT2D eigenvalue weighted by Crippen LogP contribution is -2.27. The van der Waals surface area contributed by atoms with Crippen molar-refractivity contribution in [2.24, 2.45) is 17.6 Å². The van der Waals surface area contributed by atoms with Gasteiger partial charge in [-0.3, -0.25) is 4.79 Å². The number of ether oxygens (including phenoxy) is 1. The molecule has 1 saturated heterocycles. The van der Waals surface area contributed by atoms with E-state index in [2.05, 4.69) is 13.8 Å². The molecular formula is C17H26N2O2. The number of nitrogens with two attached hydrogens (primary N) is 1. The van der Waals surface area contributed by atoms with Gasteiger partial charge in [0.1, 0.15) is 5.75 Å². The number of hydrogen-bond acceptors (Lipinski definition) is 3. The molecule has 1 heterocycles. The first-order chi connectivity index (χ1) is 10.1. The second kappa shape index (κ2) is 7.46. The van der Waals surface area contributed by atoms with E-state index in [1.54, 1.807) is 0 Å². The fourth-order valence-electron chi connectivity index (χ4n) is 2.67. The highest BCUT2D eigenvalue weighted by Gasteiger charge is 2.30. The average Bonchev–Trinajstić information content (AvgIpc) is 2.85. The Morgan fingerprint density at radius 2 is 2.24 bits per heavy atom. The smallest absolute Gasteiger partial charge is 0.222 e. The minimum absolute atomic E-state index is 0.291. The Hall–Kier alpha value is -1.55. The van der Waals surface area contributed by atoms with Gasteiger partial charge in [-0.05, 0) is 36.0 Å². The lowest BCUT2D eigenvalue weighted by molar-refractivity contribution is -0.127. The molecule has 1 aliphatic rings. The van der Waals surface area contributed by atoms with Crippen molar-refractivity contribution in [3.05, 3.63) is 29.8 Å². The maximum Gasteiger partial charge on any atom is 0.222 e. The number of rotatable bonds is 7. The summed E-state index contributed by atoms with van der Waals surface area (Å²) in [6.07, 6.45) is 1.57. The van der Waals surface area contributed by atoms with E-state index in [4.69, 9.17) is 10.5 Å². The van der Waals surface area contributed by atoms with E-state index in [-0.39, 0.29) is 0 Å². The van der Waals surface area contributed by atoms with E-state index < -0.39 is 0 Å². The monoisotopic (exact) mass is 290 g/mol. The Labute approximate surface area is 127 Å². The standard InChI is InChI=1S/C17H26N2O2/c1-13(2)15-10-17(20)19(12-15)7-4-8-21-16-6-3-5-14(9-16)11-18/h3,5-6,9,13,15H,4,7-8,10-12,18H2,1-2H3. The van der Waals surface area contributed by atoms with Crippen LogP contribution in [0.5, 0.6) is 5.75 Å². The van der Waals surface area contributed by atoms with Crippen molar-refractivity contribution in [3.63, 3.8) is 0 Å². The van der Waals surface area contributed by atoms with Crippen LogP contribution in [0, 0.1) is 11.8 Å². The summed E-state index contributed by atoms with van der Waals surface area (Å²) in [5.41, 5.74) is 6.68. The molecular weight excluding hydrogens is 264 g/mol. The summed E-state index contributed by atoms with van der Waals surface area (Å²) < 4.78 is 5.72. The van der Waals surface area contributed by atoms with E-state index in [9.17, 15) is 4.79 Å². The highest BCUT2D eigenvalue weighted by atomic mass is 16.5. The number of likely N-dealkylation sites (tertiary alicyclic amines) is 1. The molecule has 116 valence electrons. The topological polar surface area (TPSA) is 55.6 Å². The summed E-state index contributed by atoms with van der Waals surface area (Å²) in [4.78, 5) is 13.9. The lowest BCUT2D eigenvalue weighted by atomic mass is 9.95. The first kappa shape index (κ1) is 15.8. The van der Waals surface area contributed by atoms with Crippen LogP contribution in [0.2, 0.25) is 0 Å². The number of benzene rings is 1. The molecule has 0 spiro atoms. The third-order valence-corrected chi connectivity index (χ3v) is 4.16. The Morgan fingerprint density at radius 1 is 1.43 bits per heavy atom. The molecule has 4 heteroatoms. The molecule has 1 amide bonds. The largest absolute Gasteiger partial charge is 0.494 e. The first-order valence-corrected chi connectivity index (χ1v) is 7.79. The van der Waals surface area contributed by atoms with Crippen LogP contribution in [0.3, 0.4) is 0 Å². The summed E-state index contributed by atoms with van der Waals surface area (Å²) in [5.74, 6) is 2.23. The zero-order valence-corrected chi connectivity index (χ0v) is 13.0. The van der Waals surface area contributed by atoms with Crippen LogP contribution in [0.1, 0.15) is 32.3 Å². The number of hydrogen-bond donors (Lipinski definition) is 1. The van der Waals surface area contributed by atoms with Crippen LogP contribution in [-0.2, 0) is 11.3 Å². The highest BCUT2D eigenvalue weighted by Crippen LogP contribution is 2.24. The van der Waals surface area contributed by atoms with E-state index in [0.717, 1.165) is 30.8 Å². The predicted octanol–water partition coefficient (Wildman–Crippen LogP) is 2.42. The minimum Gasteiger partial charge on any atom is -0.494 e. The number of carbonyl (C=O) groups excluding carboxylic acids is 1. The van der Waals surface area contributed by atoms with Gasteiger partial charge in [0, 0.05) is 26.1 Å². The summed E-state index contributed by atoms with van der Waals surface area (Å²) in [6, 6.07) is 7.85. The summed E-state index contributed by atoms with van der Waals surface area (Å²) in [7, 11) is 0. The maximum absolute atomic E-state index is 11.9. The van der Waals surface area contributed by atoms with Crippen molar-refractivity contribution >= 4 is 5.91 Å². The molecule has 0 radical (unpaired) electrons. The van der Waals surface area contributed by atoms with Crippen LogP contribution >= 0.6 is 0 Å². The van der Waals surface area contributed by atoms with Crippen molar-refractivity contribution < 1.29 is 9.53 Å². The van der Waals surface area contributed by atoms with E-state index in [1.807, 2.05) is 29.2 Å². The van der Waals surface area contributed by atoms with Crippen molar-refractivity contribution in [2.45, 2.75) is 33.2 Å². The van der Waals surface area contributed by atoms with E-state index in [0.29, 0.717) is 37.3 Å². The van der Waals surface area contributed by atoms with Gasteiger partial charge in [0.05, 0.1) is 6.61 Å². The Morgan fingerprint density at radius 3 is 2.90 bits per heavy atom. The molecule has 2 rings (SSSR count). The number of amides is 1. The van der Waals surface area contributed by atoms with Crippen molar-refractivity contribution in [3.8, 4) is 5.75 Å². The van der Waals surface area contributed by atoms with E-state index >= 15 is 0 Å². The van der Waals surface area contributed by atoms with Gasteiger partial charge in [-0.25, -0.2) is 0 Å². The fourth-order valence-corrected chi connectivity index (χ4v) is 2.67. The van der Waals surface area contributed by atoms with Gasteiger partial charge in [-0.2, -0.15) is 0 Å². The van der Waals surface area contributed by atoms with Gasteiger partial charge < -0.3 is 15.4 Å². The molecule has 0 aliphatic carbocycles. The van der Waals surface area contributed by atoms with Gasteiger partial charge in [0.25, 0.3) is 0 Å². The second-order valence-electron chi connectivity index (χ2n) is 6.10. The van der Waals surface area contributed by atoms with Crippen molar-refractivity contribution in [1.29, 1.82) is 0 Å². The molecule has 2 N–H and O–H groups in total. The molecule has 1 aromatic carbocycles. The predicted molar refractivity (Wildman–Crippen MR) is 84.0 cm³/mol. The van der Waals surface area contributed by atoms with Gasteiger partial charge in [0.2, 0.25) is 5.91 Å². The van der Waals surface area contributed by atoms with Crippen molar-refractivity contribution in [2.75, 3.05) is 19.7 Å². The number of carbonyl (C=O) groups is 1. The van der Waals surface area contributed by atoms with Crippen LogP contribution in [0.25, 0.3) is 0 Å². The van der Waals surface area contributed by atoms with Gasteiger partial charge in [0.15, 0.2) is 0 Å². The molecule has 0 saturated carbocycles. The fraction of sp³-hybridized carbons (Fsp3) is 0.588. The van der Waals surface area contributed by atoms with Gasteiger partial charge in [-0.15, -0.1) is 0 Å². The molecule has 21 heavy (non-hydrogen) atoms. The average molecular weight is 290 g/mol. The molecule has 0 aromatic heterocycles. The van der Waals surface area contributed by atoms with Crippen LogP contribution in [0.4, 0.5) is 0 Å². The van der Waals surface area contributed by atoms with Gasteiger partial charge >= 0.3 is 0 Å². The summed E-state index contributed by atoms with van der Waals surface area (Å²) in [6.45, 7) is 7.22. The van der Waals surface area contributed by atoms with E-state index in [1.165, 1.54) is 0 Å². The Balaban J connectivity index is 1.71. The zero-order chi connectivity index (χ0) is 15.2. The summed E-state index contributed by atoms with van der Waals surface area (Å²) >= 11 is 0. The molecule has 0 bridgehead atoms. The third-order valence-electron chi connectivity index (χ3n) is 4.16. The zero-order valence-electron chi connectivity index (χ0n) is 13.0. The molecule has 4 nitrogen and oxygen atoms in total. The van der Waals surface area contributed by atoms with Gasteiger partial charge in [-0.1, -0.05) is 26.0 Å². The summed E-state index contributed by atoms with van der Waals surface area (Å²) in [5, 5.41) is 0. The SMILES string of the molecule is CC(C)C1CC(=O)N(CCCOc2cccc(CN)c2)C1. The Bertz CT molecular complexity index is 474. The molecule has 1 atom stereocenters. The molecule has 1 fully saturated rings.